The molecule has 1 aromatic heterocycles. The van der Waals surface area contributed by atoms with Gasteiger partial charge in [-0.15, -0.1) is 34.9 Å². The van der Waals surface area contributed by atoms with Crippen LogP contribution in [0.5, 0.6) is 0 Å². The summed E-state index contributed by atoms with van der Waals surface area (Å²) in [4.78, 5) is 16.4. The average Bonchev–Trinajstić information content (AvgIpc) is 2.89. The maximum Gasteiger partial charge on any atom is 0.162 e. The van der Waals surface area contributed by atoms with Crippen LogP contribution in [0.3, 0.4) is 0 Å². The fourth-order valence-electron chi connectivity index (χ4n) is 5.13. The topological polar surface area (TPSA) is 50.2 Å². The molecule has 1 N–H and O–H groups in total. The fourth-order valence-corrected chi connectivity index (χ4v) is 5.13. The van der Waals surface area contributed by atoms with Gasteiger partial charge in [-0.1, -0.05) is 77.4 Å². The van der Waals surface area contributed by atoms with E-state index in [0.717, 1.165) is 42.5 Å². The number of rotatable bonds is 8. The number of carbonyl (C=O) groups is 1. The number of aliphatic hydroxyl groups is 1. The number of hydrogen-bond acceptors (Lipinski definition) is 3. The summed E-state index contributed by atoms with van der Waals surface area (Å²) in [7, 11) is 0. The third kappa shape index (κ3) is 8.10. The van der Waals surface area contributed by atoms with Crippen LogP contribution in [0.1, 0.15) is 70.1 Å². The molecule has 0 saturated carbocycles. The Kier molecular flexibility index (Phi) is 12.5. The van der Waals surface area contributed by atoms with Crippen molar-refractivity contribution in [3.8, 4) is 11.3 Å². The number of aromatic nitrogens is 1. The number of carbonyl (C=O) groups excluding carboxylic acids is 1. The van der Waals surface area contributed by atoms with Crippen molar-refractivity contribution in [3.63, 3.8) is 0 Å². The largest absolute Gasteiger partial charge is 0.512 e. The van der Waals surface area contributed by atoms with Crippen LogP contribution in [-0.2, 0) is 24.9 Å². The summed E-state index contributed by atoms with van der Waals surface area (Å²) in [6, 6.07) is 20.9. The molecular weight excluding hydrogens is 659 g/mol. The molecule has 0 atom stereocenters. The zero-order valence-electron chi connectivity index (χ0n) is 24.4. The van der Waals surface area contributed by atoms with Crippen molar-refractivity contribution in [3.05, 3.63) is 89.3 Å². The van der Waals surface area contributed by atoms with Crippen LogP contribution in [0.25, 0.3) is 32.8 Å². The Hall–Kier alpha value is -2.81. The smallest absolute Gasteiger partial charge is 0.162 e. The van der Waals surface area contributed by atoms with E-state index in [1.807, 2.05) is 33.9 Å². The van der Waals surface area contributed by atoms with Crippen LogP contribution >= 0.6 is 0 Å². The zero-order chi connectivity index (χ0) is 27.8. The third-order valence-corrected chi connectivity index (χ3v) is 7.40. The van der Waals surface area contributed by atoms with Gasteiger partial charge in [0.15, 0.2) is 5.78 Å². The molecule has 0 aliphatic carbocycles. The van der Waals surface area contributed by atoms with Crippen LogP contribution in [0.2, 0.25) is 0 Å². The molecule has 3 aromatic carbocycles. The van der Waals surface area contributed by atoms with Gasteiger partial charge in [-0.05, 0) is 65.9 Å². The maximum absolute atomic E-state index is 11.7. The Morgan fingerprint density at radius 1 is 0.821 bits per heavy atom. The summed E-state index contributed by atoms with van der Waals surface area (Å²) in [6.07, 6.45) is 6.81. The molecule has 4 rings (SSSR count). The molecule has 0 unspecified atom stereocenters. The Bertz CT molecular complexity index is 1410. The number of allylic oxidation sites excluding steroid dienone is 2. The normalized spacial score (nSPS) is 11.5. The number of benzene rings is 3. The molecule has 0 spiro atoms. The second-order valence-corrected chi connectivity index (χ2v) is 10.3. The monoisotopic (exact) mass is 701 g/mol. The van der Waals surface area contributed by atoms with Gasteiger partial charge in [0.05, 0.1) is 5.76 Å². The van der Waals surface area contributed by atoms with Gasteiger partial charge >= 0.3 is 0 Å². The predicted octanol–water partition coefficient (Wildman–Crippen LogP) is 9.65. The van der Waals surface area contributed by atoms with Crippen molar-refractivity contribution in [2.24, 2.45) is 11.8 Å². The van der Waals surface area contributed by atoms with Gasteiger partial charge in [-0.25, -0.2) is 0 Å². The number of hydrogen-bond donors (Lipinski definition) is 1. The van der Waals surface area contributed by atoms with Crippen molar-refractivity contribution in [2.75, 3.05) is 0 Å². The van der Waals surface area contributed by atoms with Crippen LogP contribution in [0.15, 0.2) is 66.6 Å². The SMILES string of the molecule is CCC(CC)C(=O)/C=C(\O)C(CC)CC.Cc1[c-]c(-c2nccc3c2ccc2cc(C)ccc23)cc(C)c1.[Ir]. The molecule has 1 heterocycles. The molecule has 1 radical (unpaired) electrons. The van der Waals surface area contributed by atoms with E-state index in [9.17, 15) is 9.90 Å². The van der Waals surface area contributed by atoms with Gasteiger partial charge in [-0.3, -0.25) is 4.79 Å². The van der Waals surface area contributed by atoms with Crippen LogP contribution in [0.4, 0.5) is 0 Å². The average molecular weight is 701 g/mol. The molecule has 39 heavy (non-hydrogen) atoms. The fraction of sp³-hybridized carbons (Fsp3) is 0.371. The second kappa shape index (κ2) is 15.1. The van der Waals surface area contributed by atoms with E-state index in [2.05, 4.69) is 80.4 Å². The maximum atomic E-state index is 11.7. The van der Waals surface area contributed by atoms with E-state index in [0.29, 0.717) is 0 Å². The molecule has 0 aliphatic rings. The number of ketones is 1. The van der Waals surface area contributed by atoms with Crippen molar-refractivity contribution >= 4 is 27.3 Å². The van der Waals surface area contributed by atoms with Crippen LogP contribution < -0.4 is 0 Å². The summed E-state index contributed by atoms with van der Waals surface area (Å²) in [5.74, 6) is 0.547. The minimum absolute atomic E-state index is 0. The van der Waals surface area contributed by atoms with E-state index < -0.39 is 0 Å². The number of pyridine rings is 1. The van der Waals surface area contributed by atoms with Crippen molar-refractivity contribution in [1.29, 1.82) is 0 Å². The molecule has 4 aromatic rings. The molecule has 0 amide bonds. The Labute approximate surface area is 248 Å². The third-order valence-electron chi connectivity index (χ3n) is 7.40. The predicted molar refractivity (Wildman–Crippen MR) is 162 cm³/mol. The molecule has 0 bridgehead atoms. The number of nitrogens with zero attached hydrogens (tertiary/aromatic N) is 1. The first-order valence-corrected chi connectivity index (χ1v) is 14.0. The molecular formula is C35H42IrNO2-. The minimum atomic E-state index is 0. The number of fused-ring (bicyclic) bond motifs is 3. The van der Waals surface area contributed by atoms with E-state index in [1.54, 1.807) is 0 Å². The summed E-state index contributed by atoms with van der Waals surface area (Å²) >= 11 is 0. The van der Waals surface area contributed by atoms with E-state index in [4.69, 9.17) is 0 Å². The molecule has 4 heteroatoms. The summed E-state index contributed by atoms with van der Waals surface area (Å²) in [6.45, 7) is 14.4. The summed E-state index contributed by atoms with van der Waals surface area (Å²) < 4.78 is 0. The Morgan fingerprint density at radius 3 is 2.08 bits per heavy atom. The van der Waals surface area contributed by atoms with Gasteiger partial charge in [0.2, 0.25) is 0 Å². The zero-order valence-corrected chi connectivity index (χ0v) is 26.8. The number of aryl methyl sites for hydroxylation is 3. The Morgan fingerprint density at radius 2 is 1.46 bits per heavy atom. The van der Waals surface area contributed by atoms with Crippen molar-refractivity contribution in [2.45, 2.75) is 74.1 Å². The molecule has 0 saturated heterocycles. The van der Waals surface area contributed by atoms with Crippen molar-refractivity contribution < 1.29 is 30.0 Å². The molecule has 0 aliphatic heterocycles. The van der Waals surface area contributed by atoms with Gasteiger partial charge in [0, 0.05) is 44.2 Å². The first-order valence-electron chi connectivity index (χ1n) is 14.0. The second-order valence-electron chi connectivity index (χ2n) is 10.3. The minimum Gasteiger partial charge on any atom is -0.512 e. The molecule has 209 valence electrons. The van der Waals surface area contributed by atoms with Gasteiger partial charge < -0.3 is 10.1 Å². The van der Waals surface area contributed by atoms with E-state index in [1.165, 1.54) is 38.7 Å². The summed E-state index contributed by atoms with van der Waals surface area (Å²) in [5, 5.41) is 14.8. The van der Waals surface area contributed by atoms with Crippen LogP contribution in [-0.4, -0.2) is 15.9 Å². The van der Waals surface area contributed by atoms with Gasteiger partial charge in [0.1, 0.15) is 0 Å². The first-order chi connectivity index (χ1) is 18.2. The molecule has 0 fully saturated rings. The quantitative estimate of drug-likeness (QED) is 0.0862. The first kappa shape index (κ1) is 32.4. The van der Waals surface area contributed by atoms with E-state index in [-0.39, 0.29) is 43.5 Å². The standard InChI is InChI=1S/C22H18N.C13H24O2.Ir/c1-14-4-6-19-17(11-14)5-7-21-20(19)8-9-23-22(21)18-12-15(2)10-16(3)13-18;1-5-10(6-2)12(14)9-13(15)11(7-3)8-4;/h4-12H,1-3H3;9-11,14H,5-8H2,1-4H3;/q-1;;/b;12-9-;. The van der Waals surface area contributed by atoms with Crippen molar-refractivity contribution in [1.82, 2.24) is 4.98 Å². The molecule has 3 nitrogen and oxygen atoms in total. The van der Waals surface area contributed by atoms with E-state index >= 15 is 0 Å². The van der Waals surface area contributed by atoms with Crippen LogP contribution in [0, 0.1) is 38.7 Å². The van der Waals surface area contributed by atoms with Gasteiger partial charge in [0.25, 0.3) is 0 Å². The Balaban J connectivity index is 0.000000294. The van der Waals surface area contributed by atoms with Gasteiger partial charge in [-0.2, -0.15) is 0 Å². The summed E-state index contributed by atoms with van der Waals surface area (Å²) in [5.41, 5.74) is 5.76. The number of aliphatic hydroxyl groups excluding tert-OH is 1.